The molecule has 2 rings (SSSR count). The topological polar surface area (TPSA) is 88.3 Å². The van der Waals surface area contributed by atoms with Crippen molar-refractivity contribution in [3.05, 3.63) is 28.6 Å². The molecule has 1 saturated carbocycles. The van der Waals surface area contributed by atoms with Gasteiger partial charge in [-0.1, -0.05) is 0 Å². The van der Waals surface area contributed by atoms with Gasteiger partial charge in [0.05, 0.1) is 10.5 Å². The highest BCUT2D eigenvalue weighted by atomic mass is 16.6. The Labute approximate surface area is 92.5 Å². The molecule has 6 heteroatoms. The summed E-state index contributed by atoms with van der Waals surface area (Å²) in [6.45, 7) is 0.345. The highest BCUT2D eigenvalue weighted by Crippen LogP contribution is 2.32. The largest absolute Gasteiger partial charge is 0.388 e. The van der Waals surface area contributed by atoms with Gasteiger partial charge in [0.2, 0.25) is 0 Å². The number of nitrogens with one attached hydrogen (secondary N) is 1. The highest BCUT2D eigenvalue weighted by Gasteiger charge is 2.34. The van der Waals surface area contributed by atoms with E-state index in [4.69, 9.17) is 0 Å². The van der Waals surface area contributed by atoms with Gasteiger partial charge in [0.25, 0.3) is 0 Å². The van der Waals surface area contributed by atoms with Crippen molar-refractivity contribution in [1.82, 2.24) is 4.98 Å². The molecule has 0 bridgehead atoms. The molecule has 1 heterocycles. The number of anilines is 1. The molecule has 1 aromatic rings. The van der Waals surface area contributed by atoms with Gasteiger partial charge in [0.15, 0.2) is 0 Å². The SMILES string of the molecule is O=[N+]([O-])c1cnccc1NCC1(O)CCC1. The van der Waals surface area contributed by atoms with Crippen LogP contribution in [-0.4, -0.2) is 27.2 Å². The first kappa shape index (κ1) is 10.8. The Kier molecular flexibility index (Phi) is 2.74. The Morgan fingerprint density at radius 2 is 2.38 bits per heavy atom. The number of pyridine rings is 1. The molecular formula is C10H13N3O3. The lowest BCUT2D eigenvalue weighted by Crippen LogP contribution is -2.43. The standard InChI is InChI=1S/C10H13N3O3/c14-10(3-1-4-10)7-12-8-2-5-11-6-9(8)13(15)16/h2,5-6,14H,1,3-4,7H2,(H,11,12). The second-order valence-corrected chi connectivity index (χ2v) is 4.08. The molecular weight excluding hydrogens is 210 g/mol. The molecule has 0 radical (unpaired) electrons. The fraction of sp³-hybridized carbons (Fsp3) is 0.500. The van der Waals surface area contributed by atoms with Gasteiger partial charge < -0.3 is 10.4 Å². The summed E-state index contributed by atoms with van der Waals surface area (Å²) in [5.41, 5.74) is -0.359. The zero-order valence-corrected chi connectivity index (χ0v) is 8.72. The average Bonchev–Trinajstić information content (AvgIpc) is 2.24. The van der Waals surface area contributed by atoms with E-state index in [0.717, 1.165) is 19.3 Å². The van der Waals surface area contributed by atoms with E-state index in [-0.39, 0.29) is 5.69 Å². The van der Waals surface area contributed by atoms with Crippen LogP contribution in [0.15, 0.2) is 18.5 Å². The molecule has 0 aliphatic heterocycles. The minimum atomic E-state index is -0.697. The number of nitrogens with zero attached hydrogens (tertiary/aromatic N) is 2. The highest BCUT2D eigenvalue weighted by molar-refractivity contribution is 5.59. The third-order valence-electron chi connectivity index (χ3n) is 2.89. The van der Waals surface area contributed by atoms with E-state index >= 15 is 0 Å². The van der Waals surface area contributed by atoms with Crippen LogP contribution in [0, 0.1) is 10.1 Å². The number of rotatable bonds is 4. The molecule has 1 aromatic heterocycles. The van der Waals surface area contributed by atoms with E-state index in [1.165, 1.54) is 12.4 Å². The Hall–Kier alpha value is -1.69. The van der Waals surface area contributed by atoms with Crippen LogP contribution in [0.5, 0.6) is 0 Å². The molecule has 0 saturated heterocycles. The lowest BCUT2D eigenvalue weighted by Gasteiger charge is -2.36. The molecule has 16 heavy (non-hydrogen) atoms. The van der Waals surface area contributed by atoms with E-state index in [9.17, 15) is 15.2 Å². The van der Waals surface area contributed by atoms with Gasteiger partial charge in [-0.15, -0.1) is 0 Å². The van der Waals surface area contributed by atoms with Crippen molar-refractivity contribution in [2.24, 2.45) is 0 Å². The Morgan fingerprint density at radius 3 is 2.94 bits per heavy atom. The van der Waals surface area contributed by atoms with Gasteiger partial charge >= 0.3 is 5.69 Å². The van der Waals surface area contributed by atoms with Gasteiger partial charge in [-0.3, -0.25) is 15.1 Å². The molecule has 0 spiro atoms. The third kappa shape index (κ3) is 2.11. The first-order valence-corrected chi connectivity index (χ1v) is 5.15. The van der Waals surface area contributed by atoms with Crippen LogP contribution in [0.25, 0.3) is 0 Å². The van der Waals surface area contributed by atoms with Crippen molar-refractivity contribution in [3.8, 4) is 0 Å². The Morgan fingerprint density at radius 1 is 1.62 bits per heavy atom. The Balaban J connectivity index is 2.06. The van der Waals surface area contributed by atoms with E-state index in [1.807, 2.05) is 0 Å². The van der Waals surface area contributed by atoms with Crippen molar-refractivity contribution in [2.45, 2.75) is 24.9 Å². The molecule has 0 unspecified atom stereocenters. The van der Waals surface area contributed by atoms with Crippen molar-refractivity contribution < 1.29 is 10.0 Å². The fourth-order valence-corrected chi connectivity index (χ4v) is 1.70. The van der Waals surface area contributed by atoms with E-state index < -0.39 is 10.5 Å². The number of aromatic nitrogens is 1. The van der Waals surface area contributed by atoms with E-state index in [1.54, 1.807) is 6.07 Å². The monoisotopic (exact) mass is 223 g/mol. The van der Waals surface area contributed by atoms with Gasteiger partial charge in [-0.25, -0.2) is 0 Å². The molecule has 2 N–H and O–H groups in total. The Bertz CT molecular complexity index is 404. The second-order valence-electron chi connectivity index (χ2n) is 4.08. The predicted molar refractivity (Wildman–Crippen MR) is 58.2 cm³/mol. The van der Waals surface area contributed by atoms with E-state index in [0.29, 0.717) is 12.2 Å². The van der Waals surface area contributed by atoms with Crippen LogP contribution < -0.4 is 5.32 Å². The minimum absolute atomic E-state index is 0.0644. The summed E-state index contributed by atoms with van der Waals surface area (Å²) < 4.78 is 0. The van der Waals surface area contributed by atoms with Crippen molar-refractivity contribution in [1.29, 1.82) is 0 Å². The molecule has 1 fully saturated rings. The third-order valence-corrected chi connectivity index (χ3v) is 2.89. The van der Waals surface area contributed by atoms with Crippen molar-refractivity contribution in [3.63, 3.8) is 0 Å². The van der Waals surface area contributed by atoms with Crippen LogP contribution in [0.1, 0.15) is 19.3 Å². The molecule has 1 aliphatic rings. The van der Waals surface area contributed by atoms with Gasteiger partial charge in [-0.05, 0) is 25.3 Å². The lowest BCUT2D eigenvalue weighted by atomic mass is 9.80. The summed E-state index contributed by atoms with van der Waals surface area (Å²) in [6.07, 6.45) is 5.20. The normalized spacial score (nSPS) is 17.6. The van der Waals surface area contributed by atoms with Crippen LogP contribution in [0.2, 0.25) is 0 Å². The number of hydrogen-bond acceptors (Lipinski definition) is 5. The van der Waals surface area contributed by atoms with E-state index in [2.05, 4.69) is 10.3 Å². The number of aliphatic hydroxyl groups is 1. The second kappa shape index (κ2) is 4.05. The van der Waals surface area contributed by atoms with Crippen LogP contribution in [-0.2, 0) is 0 Å². The summed E-state index contributed by atoms with van der Waals surface area (Å²) in [5.74, 6) is 0. The minimum Gasteiger partial charge on any atom is -0.388 e. The maximum atomic E-state index is 10.7. The first-order valence-electron chi connectivity index (χ1n) is 5.15. The summed E-state index contributed by atoms with van der Waals surface area (Å²) in [6, 6.07) is 1.54. The molecule has 1 aliphatic carbocycles. The van der Waals surface area contributed by atoms with Gasteiger partial charge in [-0.2, -0.15) is 0 Å². The van der Waals surface area contributed by atoms with Gasteiger partial charge in [0, 0.05) is 12.7 Å². The van der Waals surface area contributed by atoms with Crippen LogP contribution in [0.4, 0.5) is 11.4 Å². The fourth-order valence-electron chi connectivity index (χ4n) is 1.70. The molecule has 0 aromatic carbocycles. The van der Waals surface area contributed by atoms with Crippen LogP contribution >= 0.6 is 0 Å². The smallest absolute Gasteiger partial charge is 0.310 e. The summed E-state index contributed by atoms with van der Waals surface area (Å²) in [4.78, 5) is 13.9. The maximum Gasteiger partial charge on any atom is 0.310 e. The quantitative estimate of drug-likeness (QED) is 0.593. The zero-order valence-electron chi connectivity index (χ0n) is 8.72. The zero-order chi connectivity index (χ0) is 11.6. The van der Waals surface area contributed by atoms with Gasteiger partial charge in [0.1, 0.15) is 11.9 Å². The number of nitro groups is 1. The lowest BCUT2D eigenvalue weighted by molar-refractivity contribution is -0.384. The molecule has 0 atom stereocenters. The first-order chi connectivity index (χ1) is 7.61. The summed E-state index contributed by atoms with van der Waals surface area (Å²) in [5, 5.41) is 23.5. The van der Waals surface area contributed by atoms with Crippen molar-refractivity contribution >= 4 is 11.4 Å². The number of hydrogen-bond donors (Lipinski definition) is 2. The predicted octanol–water partition coefficient (Wildman–Crippen LogP) is 1.32. The molecule has 86 valence electrons. The molecule has 0 amide bonds. The summed E-state index contributed by atoms with van der Waals surface area (Å²) >= 11 is 0. The summed E-state index contributed by atoms with van der Waals surface area (Å²) in [7, 11) is 0. The van der Waals surface area contributed by atoms with Crippen molar-refractivity contribution in [2.75, 3.05) is 11.9 Å². The van der Waals surface area contributed by atoms with Crippen LogP contribution in [0.3, 0.4) is 0 Å². The molecule has 6 nitrogen and oxygen atoms in total. The maximum absolute atomic E-state index is 10.7. The average molecular weight is 223 g/mol.